The summed E-state index contributed by atoms with van der Waals surface area (Å²) in [7, 11) is -3.86. The highest BCUT2D eigenvalue weighted by atomic mass is 35.5. The summed E-state index contributed by atoms with van der Waals surface area (Å²) >= 11 is 6.08. The van der Waals surface area contributed by atoms with Gasteiger partial charge in [0.15, 0.2) is 6.61 Å². The van der Waals surface area contributed by atoms with E-state index in [1.54, 1.807) is 24.3 Å². The summed E-state index contributed by atoms with van der Waals surface area (Å²) in [5.74, 6) is 0.373. The Kier molecular flexibility index (Phi) is 7.91. The Bertz CT molecular complexity index is 903. The smallest absolute Gasteiger partial charge is 0.261 e. The molecule has 2 aromatic rings. The Morgan fingerprint density at radius 3 is 2.46 bits per heavy atom. The summed E-state index contributed by atoms with van der Waals surface area (Å²) in [5.41, 5.74) is 0.375. The second-order valence-corrected chi connectivity index (χ2v) is 7.61. The highest BCUT2D eigenvalue weighted by Gasteiger charge is 2.17. The van der Waals surface area contributed by atoms with Gasteiger partial charge in [0.1, 0.15) is 11.5 Å². The lowest BCUT2D eigenvalue weighted by atomic mass is 10.3. The number of ether oxygens (including phenoxy) is 2. The molecular formula is C18H21ClN2O6S. The molecule has 0 radical (unpaired) electrons. The van der Waals surface area contributed by atoms with Gasteiger partial charge in [0, 0.05) is 12.2 Å². The summed E-state index contributed by atoms with van der Waals surface area (Å²) in [4.78, 5) is 11.4. The number of rotatable bonds is 10. The van der Waals surface area contributed by atoms with Gasteiger partial charge < -0.3 is 19.9 Å². The maximum absolute atomic E-state index is 12.5. The zero-order chi connectivity index (χ0) is 20.6. The van der Waals surface area contributed by atoms with E-state index in [1.165, 1.54) is 18.2 Å². The van der Waals surface area contributed by atoms with Crippen molar-refractivity contribution in [3.8, 4) is 11.5 Å². The van der Waals surface area contributed by atoms with Crippen molar-refractivity contribution in [2.24, 2.45) is 0 Å². The molecule has 10 heteroatoms. The molecule has 0 saturated heterocycles. The Morgan fingerprint density at radius 1 is 1.14 bits per heavy atom. The second-order valence-electron chi connectivity index (χ2n) is 5.52. The van der Waals surface area contributed by atoms with Crippen molar-refractivity contribution in [2.45, 2.75) is 11.8 Å². The van der Waals surface area contributed by atoms with Crippen LogP contribution in [0.2, 0.25) is 5.02 Å². The summed E-state index contributed by atoms with van der Waals surface area (Å²) in [6, 6.07) is 10.4. The van der Waals surface area contributed by atoms with E-state index in [-0.39, 0.29) is 35.4 Å². The monoisotopic (exact) mass is 428 g/mol. The predicted molar refractivity (Wildman–Crippen MR) is 105 cm³/mol. The van der Waals surface area contributed by atoms with Gasteiger partial charge in [-0.25, -0.2) is 8.42 Å². The van der Waals surface area contributed by atoms with E-state index < -0.39 is 15.9 Å². The lowest BCUT2D eigenvalue weighted by Crippen LogP contribution is -2.31. The van der Waals surface area contributed by atoms with Gasteiger partial charge in [-0.15, -0.1) is 0 Å². The first-order valence-corrected chi connectivity index (χ1v) is 10.3. The zero-order valence-corrected chi connectivity index (χ0v) is 16.7. The molecular weight excluding hydrogens is 408 g/mol. The summed E-state index contributed by atoms with van der Waals surface area (Å²) in [6.45, 7) is 2.00. The Balaban J connectivity index is 2.05. The molecule has 0 atom stereocenters. The van der Waals surface area contributed by atoms with Crippen LogP contribution in [0.25, 0.3) is 0 Å². The van der Waals surface area contributed by atoms with Gasteiger partial charge >= 0.3 is 0 Å². The fraction of sp³-hybridized carbons (Fsp3) is 0.278. The Morgan fingerprint density at radius 2 is 1.86 bits per heavy atom. The van der Waals surface area contributed by atoms with Gasteiger partial charge in [-0.1, -0.05) is 11.6 Å². The van der Waals surface area contributed by atoms with Gasteiger partial charge in [0.25, 0.3) is 15.9 Å². The van der Waals surface area contributed by atoms with Crippen molar-refractivity contribution in [3.05, 3.63) is 47.5 Å². The minimum atomic E-state index is -3.86. The minimum Gasteiger partial charge on any atom is -0.494 e. The highest BCUT2D eigenvalue weighted by Crippen LogP contribution is 2.28. The van der Waals surface area contributed by atoms with Crippen molar-refractivity contribution < 1.29 is 27.8 Å². The average Bonchev–Trinajstić information content (AvgIpc) is 2.67. The van der Waals surface area contributed by atoms with Crippen molar-refractivity contribution >= 4 is 33.2 Å². The number of nitrogens with one attached hydrogen (secondary N) is 2. The minimum absolute atomic E-state index is 0.0459. The van der Waals surface area contributed by atoms with Crippen molar-refractivity contribution in [1.82, 2.24) is 5.32 Å². The maximum Gasteiger partial charge on any atom is 0.261 e. The van der Waals surface area contributed by atoms with Crippen LogP contribution < -0.4 is 19.5 Å². The molecule has 3 N–H and O–H groups in total. The summed E-state index contributed by atoms with van der Waals surface area (Å²) < 4.78 is 38.1. The maximum atomic E-state index is 12.5. The number of aliphatic hydroxyl groups excluding tert-OH is 1. The molecule has 0 unspecified atom stereocenters. The number of benzene rings is 2. The lowest BCUT2D eigenvalue weighted by molar-refractivity contribution is -0.123. The van der Waals surface area contributed by atoms with E-state index in [0.29, 0.717) is 18.0 Å². The van der Waals surface area contributed by atoms with Crippen LogP contribution in [0, 0.1) is 0 Å². The molecule has 28 heavy (non-hydrogen) atoms. The number of carbonyl (C=O) groups excluding carboxylic acids is 1. The number of anilines is 1. The fourth-order valence-electron chi connectivity index (χ4n) is 2.16. The lowest BCUT2D eigenvalue weighted by Gasteiger charge is -2.12. The molecule has 0 spiro atoms. The molecule has 0 aliphatic carbocycles. The number of hydrogen-bond donors (Lipinski definition) is 3. The molecule has 2 rings (SSSR count). The standard InChI is InChI=1S/C18H21ClN2O6S/c1-2-26-14-5-3-13(4-6-14)21-28(24,25)15-7-8-17(16(19)11-15)27-12-18(23)20-9-10-22/h3-8,11,21-22H,2,9-10,12H2,1H3,(H,20,23). The molecule has 0 fully saturated rings. The number of carbonyl (C=O) groups is 1. The van der Waals surface area contributed by atoms with Gasteiger partial charge in [0.05, 0.1) is 23.1 Å². The second kappa shape index (κ2) is 10.2. The third-order valence-electron chi connectivity index (χ3n) is 3.42. The molecule has 0 aliphatic rings. The van der Waals surface area contributed by atoms with Crippen molar-refractivity contribution in [3.63, 3.8) is 0 Å². The third-order valence-corrected chi connectivity index (χ3v) is 5.10. The molecule has 0 aliphatic heterocycles. The first-order chi connectivity index (χ1) is 13.4. The van der Waals surface area contributed by atoms with E-state index in [1.807, 2.05) is 6.92 Å². The fourth-order valence-corrected chi connectivity index (χ4v) is 3.54. The molecule has 1 amide bonds. The predicted octanol–water partition coefficient (Wildman–Crippen LogP) is 2.03. The molecule has 152 valence electrons. The van der Waals surface area contributed by atoms with E-state index in [9.17, 15) is 13.2 Å². The van der Waals surface area contributed by atoms with Crippen molar-refractivity contribution in [1.29, 1.82) is 0 Å². The van der Waals surface area contributed by atoms with E-state index in [0.717, 1.165) is 0 Å². The molecule has 0 bridgehead atoms. The largest absolute Gasteiger partial charge is 0.494 e. The van der Waals surface area contributed by atoms with Crippen LogP contribution in [0.15, 0.2) is 47.4 Å². The molecule has 0 heterocycles. The molecule has 0 aromatic heterocycles. The molecule has 2 aromatic carbocycles. The van der Waals surface area contributed by atoms with Crippen LogP contribution in [-0.2, 0) is 14.8 Å². The number of halogens is 1. The number of hydrogen-bond acceptors (Lipinski definition) is 6. The topological polar surface area (TPSA) is 114 Å². The molecule has 8 nitrogen and oxygen atoms in total. The Labute approximate surface area is 168 Å². The van der Waals surface area contributed by atoms with Crippen LogP contribution in [0.4, 0.5) is 5.69 Å². The molecule has 0 saturated carbocycles. The van der Waals surface area contributed by atoms with Crippen LogP contribution in [-0.4, -0.2) is 45.8 Å². The van der Waals surface area contributed by atoms with Crippen LogP contribution >= 0.6 is 11.6 Å². The van der Waals surface area contributed by atoms with E-state index in [2.05, 4.69) is 10.0 Å². The number of amides is 1. The van der Waals surface area contributed by atoms with E-state index >= 15 is 0 Å². The van der Waals surface area contributed by atoms with Crippen molar-refractivity contribution in [2.75, 3.05) is 31.1 Å². The highest BCUT2D eigenvalue weighted by molar-refractivity contribution is 7.92. The van der Waals surface area contributed by atoms with Gasteiger partial charge in [-0.05, 0) is 49.4 Å². The average molecular weight is 429 g/mol. The SMILES string of the molecule is CCOc1ccc(NS(=O)(=O)c2ccc(OCC(=O)NCCO)c(Cl)c2)cc1. The number of sulfonamides is 1. The quantitative estimate of drug-likeness (QED) is 0.533. The van der Waals surface area contributed by atoms with Gasteiger partial charge in [0.2, 0.25) is 0 Å². The third kappa shape index (κ3) is 6.29. The normalized spacial score (nSPS) is 11.0. The first kappa shape index (κ1) is 21.8. The van der Waals surface area contributed by atoms with Crippen LogP contribution in [0.1, 0.15) is 6.92 Å². The van der Waals surface area contributed by atoms with Crippen LogP contribution in [0.3, 0.4) is 0 Å². The zero-order valence-electron chi connectivity index (χ0n) is 15.1. The van der Waals surface area contributed by atoms with Gasteiger partial charge in [-0.3, -0.25) is 9.52 Å². The van der Waals surface area contributed by atoms with E-state index in [4.69, 9.17) is 26.2 Å². The van der Waals surface area contributed by atoms with Crippen LogP contribution in [0.5, 0.6) is 11.5 Å². The number of aliphatic hydroxyl groups is 1. The summed E-state index contributed by atoms with van der Waals surface area (Å²) in [6.07, 6.45) is 0. The summed E-state index contributed by atoms with van der Waals surface area (Å²) in [5, 5.41) is 11.1. The van der Waals surface area contributed by atoms with Gasteiger partial charge in [-0.2, -0.15) is 0 Å². The Hall–Kier alpha value is -2.49. The first-order valence-electron chi connectivity index (χ1n) is 8.41.